The predicted molar refractivity (Wildman–Crippen MR) is 291 cm³/mol. The number of ether oxygens (including phenoxy) is 4. The molecule has 0 bridgehead atoms. The normalized spacial score (nSPS) is 16.0. The van der Waals surface area contributed by atoms with E-state index in [1.165, 1.54) is 0 Å². The maximum atomic E-state index is 13.1. The average molecular weight is 1160 g/mol. The van der Waals surface area contributed by atoms with Crippen LogP contribution in [-0.4, -0.2) is 171 Å². The summed E-state index contributed by atoms with van der Waals surface area (Å²) >= 11 is 25.7. The van der Waals surface area contributed by atoms with E-state index in [-0.39, 0.29) is 113 Å². The summed E-state index contributed by atoms with van der Waals surface area (Å²) in [5, 5.41) is 16.3. The molecule has 7 N–H and O–H groups in total. The first kappa shape index (κ1) is 60.4. The number of sulfonamides is 2. The number of amides is 4. The quantitative estimate of drug-likeness (QED) is 0.0343. The van der Waals surface area contributed by atoms with E-state index in [1.807, 2.05) is 38.4 Å². The van der Waals surface area contributed by atoms with Crippen molar-refractivity contribution in [3.05, 3.63) is 126 Å². The van der Waals surface area contributed by atoms with Crippen molar-refractivity contribution in [1.29, 1.82) is 0 Å². The third-order valence-corrected chi connectivity index (χ3v) is 16.2. The Hall–Kier alpha value is -3.88. The predicted octanol–water partition coefficient (Wildman–Crippen LogP) is 4.97. The van der Waals surface area contributed by atoms with Gasteiger partial charge in [0.05, 0.1) is 62.6 Å². The second-order valence-electron chi connectivity index (χ2n) is 17.9. The van der Waals surface area contributed by atoms with Gasteiger partial charge in [-0.2, -0.15) is 0 Å². The molecule has 4 aromatic rings. The molecule has 75 heavy (non-hydrogen) atoms. The number of hydrogen-bond acceptors (Lipinski definition) is 13. The molecule has 6 rings (SSSR count). The number of likely N-dealkylation sites (N-methyl/N-ethyl adjacent to an activating group) is 2. The molecule has 25 heteroatoms. The van der Waals surface area contributed by atoms with Gasteiger partial charge in [-0.15, -0.1) is 0 Å². The number of carbonyl (C=O) groups excluding carboxylic acids is 2. The lowest BCUT2D eigenvalue weighted by atomic mass is 9.85. The van der Waals surface area contributed by atoms with E-state index in [9.17, 15) is 26.4 Å². The Labute approximate surface area is 460 Å². The van der Waals surface area contributed by atoms with Gasteiger partial charge in [-0.05, 0) is 96.0 Å². The number of fused-ring (bicyclic) bond motifs is 2. The largest absolute Gasteiger partial charge is 0.378 e. The van der Waals surface area contributed by atoms with E-state index in [1.54, 1.807) is 48.5 Å². The summed E-state index contributed by atoms with van der Waals surface area (Å²) in [4.78, 5) is 28.8. The molecule has 4 aromatic carbocycles. The number of benzene rings is 4. The van der Waals surface area contributed by atoms with Crippen LogP contribution >= 0.6 is 46.4 Å². The van der Waals surface area contributed by atoms with Gasteiger partial charge in [-0.1, -0.05) is 70.7 Å². The second kappa shape index (κ2) is 30.3. The van der Waals surface area contributed by atoms with Gasteiger partial charge in [0, 0.05) is 110 Å². The van der Waals surface area contributed by atoms with Crippen molar-refractivity contribution in [3.63, 3.8) is 0 Å². The molecule has 0 spiro atoms. The molecule has 0 fully saturated rings. The van der Waals surface area contributed by atoms with Crippen molar-refractivity contribution in [2.45, 2.75) is 34.7 Å². The van der Waals surface area contributed by atoms with Gasteiger partial charge in [-0.3, -0.25) is 0 Å². The summed E-state index contributed by atoms with van der Waals surface area (Å²) in [5.74, 6) is -0.191. The van der Waals surface area contributed by atoms with E-state index in [0.29, 0.717) is 72.4 Å². The van der Waals surface area contributed by atoms with Crippen LogP contribution in [-0.2, 0) is 52.1 Å². The molecule has 0 saturated heterocycles. The Morgan fingerprint density at radius 2 is 0.880 bits per heavy atom. The van der Waals surface area contributed by atoms with Gasteiger partial charge in [0.1, 0.15) is 0 Å². The molecule has 2 aliphatic rings. The van der Waals surface area contributed by atoms with Gasteiger partial charge in [0.25, 0.3) is 0 Å². The zero-order valence-electron chi connectivity index (χ0n) is 42.0. The Morgan fingerprint density at radius 1 is 0.507 bits per heavy atom. The Bertz CT molecular complexity index is 2570. The van der Waals surface area contributed by atoms with Crippen LogP contribution in [0.25, 0.3) is 0 Å². The monoisotopic (exact) mass is 1160 g/mol. The maximum Gasteiger partial charge on any atom is 0.314 e. The molecule has 0 saturated carbocycles. The summed E-state index contributed by atoms with van der Waals surface area (Å²) < 4.78 is 79.8. The molecular formula is C50H67Cl4N9O10S2. The number of rotatable bonds is 30. The van der Waals surface area contributed by atoms with Gasteiger partial charge in [0.15, 0.2) is 0 Å². The minimum Gasteiger partial charge on any atom is -0.378 e. The molecular weight excluding hydrogens is 1090 g/mol. The number of nitrogens with one attached hydrogen (secondary N) is 7. The SMILES string of the molecule is CN1Cc2c(Cl)cc(Cl)cc2[C@H](c2cccc(S(=O)(=O)NCCOCCOCCNC(=O)NCCNCCNC(=O)NCCOCCOCCNS(=O)(=O)c3cccc([C@@H]4CN(C)Cc5c(Cl)cc(Cl)cc54)c3)c2)C1. The molecule has 2 heterocycles. The lowest BCUT2D eigenvalue weighted by molar-refractivity contribution is 0.0516. The van der Waals surface area contributed by atoms with Crippen LogP contribution in [0.4, 0.5) is 9.59 Å². The van der Waals surface area contributed by atoms with Crippen LogP contribution in [0.3, 0.4) is 0 Å². The van der Waals surface area contributed by atoms with Crippen molar-refractivity contribution in [2.75, 3.05) is 132 Å². The summed E-state index contributed by atoms with van der Waals surface area (Å²) in [6, 6.07) is 20.4. The minimum absolute atomic E-state index is 0.0781. The van der Waals surface area contributed by atoms with Gasteiger partial charge >= 0.3 is 12.1 Å². The van der Waals surface area contributed by atoms with Crippen LogP contribution in [0.5, 0.6) is 0 Å². The van der Waals surface area contributed by atoms with Gasteiger partial charge in [0.2, 0.25) is 20.0 Å². The van der Waals surface area contributed by atoms with Crippen molar-refractivity contribution in [3.8, 4) is 0 Å². The fourth-order valence-corrected chi connectivity index (χ4v) is 11.9. The highest BCUT2D eigenvalue weighted by atomic mass is 35.5. The van der Waals surface area contributed by atoms with Crippen molar-refractivity contribution in [1.82, 2.24) is 45.8 Å². The number of carbonyl (C=O) groups is 2. The highest BCUT2D eigenvalue weighted by Gasteiger charge is 2.30. The third kappa shape index (κ3) is 19.2. The summed E-state index contributed by atoms with van der Waals surface area (Å²) in [6.07, 6.45) is 0. The van der Waals surface area contributed by atoms with Crippen LogP contribution < -0.4 is 36.0 Å². The van der Waals surface area contributed by atoms with E-state index in [4.69, 9.17) is 65.4 Å². The van der Waals surface area contributed by atoms with Crippen LogP contribution in [0.15, 0.2) is 82.6 Å². The molecule has 0 aromatic heterocycles. The van der Waals surface area contributed by atoms with E-state index in [0.717, 1.165) is 33.4 Å². The first-order valence-electron chi connectivity index (χ1n) is 24.6. The van der Waals surface area contributed by atoms with E-state index >= 15 is 0 Å². The molecule has 2 atom stereocenters. The Kier molecular flexibility index (Phi) is 24.4. The highest BCUT2D eigenvalue weighted by Crippen LogP contribution is 2.40. The smallest absolute Gasteiger partial charge is 0.314 e. The molecule has 19 nitrogen and oxygen atoms in total. The maximum absolute atomic E-state index is 13.1. The first-order chi connectivity index (χ1) is 36.0. The highest BCUT2D eigenvalue weighted by molar-refractivity contribution is 7.89. The number of urea groups is 2. The Balaban J connectivity index is 0.699. The van der Waals surface area contributed by atoms with E-state index in [2.05, 4.69) is 45.8 Å². The standard InChI is InChI=1S/C50H67Cl4N9O10S2/c1-62-31-43(41-27-37(51)29-47(53)45(41)33-62)35-5-3-7-39(25-35)74(66,67)60-15-19-72-23-21-70-17-13-58-49(64)56-11-9-55-10-12-57-50(65)59-14-18-71-22-24-73-20-16-61-75(68,69)40-8-4-6-36(26-40)44-32-63(2)34-46-42(44)28-38(52)30-48(46)54/h3-8,25-30,43-44,55,60-61H,9-24,31-34H2,1-2H3,(H2,56,58,64)(H2,57,59,65)/t43-,44-/m0/s1. The van der Waals surface area contributed by atoms with Crippen LogP contribution in [0.2, 0.25) is 20.1 Å². The Morgan fingerprint density at radius 3 is 1.28 bits per heavy atom. The summed E-state index contributed by atoms with van der Waals surface area (Å²) in [7, 11) is -3.59. The third-order valence-electron chi connectivity index (χ3n) is 12.2. The van der Waals surface area contributed by atoms with Gasteiger partial charge < -0.3 is 55.3 Å². The molecule has 0 unspecified atom stereocenters. The fourth-order valence-electron chi connectivity index (χ4n) is 8.62. The zero-order valence-corrected chi connectivity index (χ0v) is 46.7. The minimum atomic E-state index is -3.79. The van der Waals surface area contributed by atoms with Crippen molar-refractivity contribution < 1.29 is 45.4 Å². The molecule has 4 amide bonds. The first-order valence-corrected chi connectivity index (χ1v) is 29.1. The van der Waals surface area contributed by atoms with Crippen LogP contribution in [0, 0.1) is 0 Å². The lowest BCUT2D eigenvalue weighted by Crippen LogP contribution is -2.43. The number of nitrogens with zero attached hydrogens (tertiary/aromatic N) is 2. The zero-order chi connectivity index (χ0) is 53.8. The summed E-state index contributed by atoms with van der Waals surface area (Å²) in [5.41, 5.74) is 5.67. The molecule has 2 aliphatic heterocycles. The van der Waals surface area contributed by atoms with Crippen molar-refractivity contribution >= 4 is 78.5 Å². The van der Waals surface area contributed by atoms with Crippen molar-refractivity contribution in [2.24, 2.45) is 0 Å². The number of hydrogen-bond donors (Lipinski definition) is 7. The number of halogens is 4. The second-order valence-corrected chi connectivity index (χ2v) is 23.1. The van der Waals surface area contributed by atoms with Crippen LogP contribution in [0.1, 0.15) is 45.2 Å². The van der Waals surface area contributed by atoms with Gasteiger partial charge in [-0.25, -0.2) is 35.9 Å². The topological polar surface area (TPSA) is 230 Å². The fraction of sp³-hybridized carbons (Fsp3) is 0.480. The lowest BCUT2D eigenvalue weighted by Gasteiger charge is -2.33. The van der Waals surface area contributed by atoms with E-state index < -0.39 is 20.0 Å². The molecule has 0 aliphatic carbocycles. The molecule has 412 valence electrons. The summed E-state index contributed by atoms with van der Waals surface area (Å²) in [6.45, 7) is 7.03. The molecule has 0 radical (unpaired) electrons. The average Bonchev–Trinajstić information content (AvgIpc) is 3.37.